The topological polar surface area (TPSA) is 69.6 Å². The lowest BCUT2D eigenvalue weighted by atomic mass is 10.1. The third-order valence-electron chi connectivity index (χ3n) is 2.82. The minimum absolute atomic E-state index is 0.104. The third-order valence-corrected chi connectivity index (χ3v) is 2.82. The Morgan fingerprint density at radius 3 is 2.53 bits per heavy atom. The van der Waals surface area contributed by atoms with E-state index < -0.39 is 0 Å². The first-order valence-electron chi connectivity index (χ1n) is 5.92. The van der Waals surface area contributed by atoms with Gasteiger partial charge in [-0.25, -0.2) is 0 Å². The second-order valence-corrected chi connectivity index (χ2v) is 4.35. The number of nitrogens with one attached hydrogen (secondary N) is 1. The molecule has 1 amide bonds. The van der Waals surface area contributed by atoms with Crippen LogP contribution in [0, 0.1) is 6.92 Å². The maximum absolute atomic E-state index is 11.8. The van der Waals surface area contributed by atoms with E-state index >= 15 is 0 Å². The van der Waals surface area contributed by atoms with Gasteiger partial charge in [-0.2, -0.15) is 0 Å². The smallest absolute Gasteiger partial charge is 0.228 e. The van der Waals surface area contributed by atoms with Gasteiger partial charge in [0, 0.05) is 11.3 Å². The van der Waals surface area contributed by atoms with Crippen LogP contribution in [0.5, 0.6) is 11.5 Å². The maximum Gasteiger partial charge on any atom is 0.228 e. The number of carbonyl (C=O) groups excluding carboxylic acids is 1. The molecule has 2 aromatic carbocycles. The average molecular weight is 257 g/mol. The Labute approximate surface area is 111 Å². The van der Waals surface area contributed by atoms with E-state index in [1.807, 2.05) is 0 Å². The van der Waals surface area contributed by atoms with Crippen LogP contribution in [0.2, 0.25) is 0 Å². The van der Waals surface area contributed by atoms with E-state index in [0.29, 0.717) is 16.8 Å². The SMILES string of the molecule is Cc1cc(NC(=O)Cc2ccccc2O)ccc1O. The summed E-state index contributed by atoms with van der Waals surface area (Å²) >= 11 is 0. The quantitative estimate of drug-likeness (QED) is 0.740. The highest BCUT2D eigenvalue weighted by Crippen LogP contribution is 2.21. The monoisotopic (exact) mass is 257 g/mol. The molecule has 0 spiro atoms. The number of para-hydroxylation sites is 1. The number of benzene rings is 2. The van der Waals surface area contributed by atoms with Crippen molar-refractivity contribution >= 4 is 11.6 Å². The zero-order chi connectivity index (χ0) is 13.8. The van der Waals surface area contributed by atoms with Gasteiger partial charge in [0.05, 0.1) is 6.42 Å². The molecule has 2 aromatic rings. The number of hydrogen-bond donors (Lipinski definition) is 3. The Morgan fingerprint density at radius 1 is 1.11 bits per heavy atom. The van der Waals surface area contributed by atoms with E-state index in [0.717, 1.165) is 0 Å². The Kier molecular flexibility index (Phi) is 3.71. The van der Waals surface area contributed by atoms with E-state index in [-0.39, 0.29) is 23.8 Å². The van der Waals surface area contributed by atoms with Crippen LogP contribution >= 0.6 is 0 Å². The first-order chi connectivity index (χ1) is 9.06. The summed E-state index contributed by atoms with van der Waals surface area (Å²) in [6.45, 7) is 1.76. The number of carbonyl (C=O) groups is 1. The number of phenols is 2. The van der Waals surface area contributed by atoms with E-state index in [2.05, 4.69) is 5.32 Å². The van der Waals surface area contributed by atoms with Crippen molar-refractivity contribution in [2.45, 2.75) is 13.3 Å². The number of aryl methyl sites for hydroxylation is 1. The highest BCUT2D eigenvalue weighted by Gasteiger charge is 2.08. The summed E-state index contributed by atoms with van der Waals surface area (Å²) < 4.78 is 0. The number of amides is 1. The van der Waals surface area contributed by atoms with Crippen LogP contribution in [-0.4, -0.2) is 16.1 Å². The molecule has 0 aliphatic heterocycles. The van der Waals surface area contributed by atoms with Crippen LogP contribution in [0.25, 0.3) is 0 Å². The van der Waals surface area contributed by atoms with Crippen molar-refractivity contribution in [1.29, 1.82) is 0 Å². The van der Waals surface area contributed by atoms with Gasteiger partial charge in [-0.15, -0.1) is 0 Å². The molecule has 0 fully saturated rings. The number of aromatic hydroxyl groups is 2. The molecule has 4 nitrogen and oxygen atoms in total. The number of hydrogen-bond acceptors (Lipinski definition) is 3. The van der Waals surface area contributed by atoms with E-state index in [4.69, 9.17) is 0 Å². The molecule has 0 saturated heterocycles. The Bertz CT molecular complexity index is 608. The first-order valence-corrected chi connectivity index (χ1v) is 5.92. The molecule has 19 heavy (non-hydrogen) atoms. The normalized spacial score (nSPS) is 10.2. The van der Waals surface area contributed by atoms with Crippen molar-refractivity contribution in [3.63, 3.8) is 0 Å². The molecule has 0 aromatic heterocycles. The molecule has 98 valence electrons. The largest absolute Gasteiger partial charge is 0.508 e. The molecule has 0 bridgehead atoms. The molecule has 2 rings (SSSR count). The molecule has 0 saturated carbocycles. The van der Waals surface area contributed by atoms with Gasteiger partial charge < -0.3 is 15.5 Å². The van der Waals surface area contributed by atoms with Crippen LogP contribution < -0.4 is 5.32 Å². The molecule has 0 atom stereocenters. The van der Waals surface area contributed by atoms with Crippen molar-refractivity contribution in [2.75, 3.05) is 5.32 Å². The fraction of sp³-hybridized carbons (Fsp3) is 0.133. The predicted octanol–water partition coefficient (Wildman–Crippen LogP) is 2.59. The van der Waals surface area contributed by atoms with Crippen molar-refractivity contribution < 1.29 is 15.0 Å². The fourth-order valence-corrected chi connectivity index (χ4v) is 1.77. The Morgan fingerprint density at radius 2 is 1.84 bits per heavy atom. The second-order valence-electron chi connectivity index (χ2n) is 4.35. The lowest BCUT2D eigenvalue weighted by Crippen LogP contribution is -2.14. The van der Waals surface area contributed by atoms with Crippen molar-refractivity contribution in [1.82, 2.24) is 0 Å². The van der Waals surface area contributed by atoms with Gasteiger partial charge in [0.25, 0.3) is 0 Å². The molecular formula is C15H15NO3. The number of rotatable bonds is 3. The summed E-state index contributed by atoms with van der Waals surface area (Å²) in [6, 6.07) is 11.6. The minimum atomic E-state index is -0.216. The van der Waals surface area contributed by atoms with Crippen LogP contribution in [0.1, 0.15) is 11.1 Å². The van der Waals surface area contributed by atoms with Crippen molar-refractivity contribution in [3.8, 4) is 11.5 Å². The summed E-state index contributed by atoms with van der Waals surface area (Å²) in [5, 5.41) is 21.7. The molecule has 0 aliphatic rings. The van der Waals surface area contributed by atoms with E-state index in [1.165, 1.54) is 6.07 Å². The Hall–Kier alpha value is -2.49. The Balaban J connectivity index is 2.05. The average Bonchev–Trinajstić information content (AvgIpc) is 2.37. The molecular weight excluding hydrogens is 242 g/mol. The van der Waals surface area contributed by atoms with Crippen LogP contribution in [-0.2, 0) is 11.2 Å². The molecule has 0 aliphatic carbocycles. The van der Waals surface area contributed by atoms with Crippen molar-refractivity contribution in [3.05, 3.63) is 53.6 Å². The van der Waals surface area contributed by atoms with Crippen LogP contribution in [0.3, 0.4) is 0 Å². The summed E-state index contributed by atoms with van der Waals surface area (Å²) in [4.78, 5) is 11.8. The third kappa shape index (κ3) is 3.25. The van der Waals surface area contributed by atoms with Gasteiger partial charge in [-0.3, -0.25) is 4.79 Å². The lowest BCUT2D eigenvalue weighted by Gasteiger charge is -2.08. The summed E-state index contributed by atoms with van der Waals surface area (Å²) in [5.74, 6) is 0.0878. The van der Waals surface area contributed by atoms with Gasteiger partial charge in [-0.05, 0) is 36.8 Å². The van der Waals surface area contributed by atoms with Crippen LogP contribution in [0.4, 0.5) is 5.69 Å². The molecule has 0 radical (unpaired) electrons. The first kappa shape index (κ1) is 13.0. The molecule has 0 unspecified atom stereocenters. The predicted molar refractivity (Wildman–Crippen MR) is 73.3 cm³/mol. The fourth-order valence-electron chi connectivity index (χ4n) is 1.77. The molecule has 3 N–H and O–H groups in total. The van der Waals surface area contributed by atoms with Crippen LogP contribution in [0.15, 0.2) is 42.5 Å². The van der Waals surface area contributed by atoms with Gasteiger partial charge in [0.1, 0.15) is 11.5 Å². The molecule has 4 heteroatoms. The summed E-state index contributed by atoms with van der Waals surface area (Å²) in [7, 11) is 0. The molecule has 0 heterocycles. The van der Waals surface area contributed by atoms with E-state index in [1.54, 1.807) is 43.3 Å². The van der Waals surface area contributed by atoms with Gasteiger partial charge >= 0.3 is 0 Å². The van der Waals surface area contributed by atoms with Gasteiger partial charge in [0.15, 0.2) is 0 Å². The van der Waals surface area contributed by atoms with E-state index in [9.17, 15) is 15.0 Å². The zero-order valence-corrected chi connectivity index (χ0v) is 10.6. The number of anilines is 1. The lowest BCUT2D eigenvalue weighted by molar-refractivity contribution is -0.115. The number of phenolic OH excluding ortho intramolecular Hbond substituents is 2. The summed E-state index contributed by atoms with van der Waals surface area (Å²) in [5.41, 5.74) is 1.89. The maximum atomic E-state index is 11.8. The minimum Gasteiger partial charge on any atom is -0.508 e. The highest BCUT2D eigenvalue weighted by molar-refractivity contribution is 5.92. The zero-order valence-electron chi connectivity index (χ0n) is 10.6. The highest BCUT2D eigenvalue weighted by atomic mass is 16.3. The van der Waals surface area contributed by atoms with Crippen molar-refractivity contribution in [2.24, 2.45) is 0 Å². The summed E-state index contributed by atoms with van der Waals surface area (Å²) in [6.07, 6.45) is 0.104. The standard InChI is InChI=1S/C15H15NO3/c1-10-8-12(6-7-13(10)17)16-15(19)9-11-4-2-3-5-14(11)18/h2-8,17-18H,9H2,1H3,(H,16,19). The van der Waals surface area contributed by atoms with Gasteiger partial charge in [-0.1, -0.05) is 18.2 Å². The van der Waals surface area contributed by atoms with Gasteiger partial charge in [0.2, 0.25) is 5.91 Å². The second kappa shape index (κ2) is 5.44.